The van der Waals surface area contributed by atoms with E-state index in [1.165, 1.54) is 12.1 Å². The third kappa shape index (κ3) is 4.60. The van der Waals surface area contributed by atoms with E-state index in [-0.39, 0.29) is 17.7 Å². The number of non-ortho nitro benzene ring substituents is 1. The number of nitrogens with zero attached hydrogens (tertiary/aromatic N) is 4. The number of carbonyl (C=O) groups is 1. The molecule has 27 heavy (non-hydrogen) atoms. The van der Waals surface area contributed by atoms with Gasteiger partial charge in [0.25, 0.3) is 5.69 Å². The number of carbonyl (C=O) groups excluding carboxylic acids is 1. The van der Waals surface area contributed by atoms with Crippen molar-refractivity contribution in [2.24, 2.45) is 0 Å². The zero-order valence-corrected chi connectivity index (χ0v) is 15.5. The monoisotopic (exact) mass is 374 g/mol. The third-order valence-electron chi connectivity index (χ3n) is 4.20. The number of hydrogen-bond acceptors (Lipinski definition) is 7. The molecule has 3 rings (SSSR count). The van der Waals surface area contributed by atoms with Crippen molar-refractivity contribution in [3.63, 3.8) is 0 Å². The van der Waals surface area contributed by atoms with E-state index in [1.54, 1.807) is 17.0 Å². The van der Waals surface area contributed by atoms with Crippen molar-refractivity contribution < 1.29 is 19.0 Å². The summed E-state index contributed by atoms with van der Waals surface area (Å²) in [5, 5.41) is 14.7. The molecule has 1 aliphatic rings. The molecule has 1 aromatic carbocycles. The Labute approximate surface area is 156 Å². The first kappa shape index (κ1) is 18.8. The van der Waals surface area contributed by atoms with Crippen LogP contribution in [0.1, 0.15) is 45.4 Å². The summed E-state index contributed by atoms with van der Waals surface area (Å²) in [5.74, 6) is 0.761. The Morgan fingerprint density at radius 2 is 2.04 bits per heavy atom. The van der Waals surface area contributed by atoms with Gasteiger partial charge in [-0.05, 0) is 45.7 Å². The molecule has 0 radical (unpaired) electrons. The standard InChI is InChI=1S/C18H22N4O5/c1-18(2,3)26-17(23)21-10-4-5-13(11-21)16-19-15(20-27-16)12-6-8-14(9-7-12)22(24)25/h6-9,13H,4-5,10-11H2,1-3H3. The fraction of sp³-hybridized carbons (Fsp3) is 0.500. The highest BCUT2D eigenvalue weighted by Gasteiger charge is 2.31. The van der Waals surface area contributed by atoms with Crippen molar-refractivity contribution in [1.82, 2.24) is 15.0 Å². The van der Waals surface area contributed by atoms with Crippen LogP contribution in [0.25, 0.3) is 11.4 Å². The molecule has 1 unspecified atom stereocenters. The number of aromatic nitrogens is 2. The molecular weight excluding hydrogens is 352 g/mol. The van der Waals surface area contributed by atoms with Crippen molar-refractivity contribution >= 4 is 11.8 Å². The molecule has 2 aromatic rings. The minimum atomic E-state index is -0.544. The van der Waals surface area contributed by atoms with Crippen LogP contribution in [-0.2, 0) is 4.74 Å². The molecule has 1 aliphatic heterocycles. The van der Waals surface area contributed by atoms with Gasteiger partial charge in [0.15, 0.2) is 0 Å². The second kappa shape index (κ2) is 7.34. The molecule has 144 valence electrons. The van der Waals surface area contributed by atoms with Crippen LogP contribution in [0.3, 0.4) is 0 Å². The van der Waals surface area contributed by atoms with E-state index >= 15 is 0 Å². The van der Waals surface area contributed by atoms with Gasteiger partial charge in [-0.3, -0.25) is 10.1 Å². The van der Waals surface area contributed by atoms with Gasteiger partial charge in [-0.25, -0.2) is 4.79 Å². The molecule has 1 fully saturated rings. The van der Waals surface area contributed by atoms with E-state index in [2.05, 4.69) is 10.1 Å². The minimum absolute atomic E-state index is 0.00255. The maximum absolute atomic E-state index is 12.3. The largest absolute Gasteiger partial charge is 0.444 e. The molecule has 1 saturated heterocycles. The summed E-state index contributed by atoms with van der Waals surface area (Å²) >= 11 is 0. The van der Waals surface area contributed by atoms with Gasteiger partial charge < -0.3 is 14.2 Å². The summed E-state index contributed by atoms with van der Waals surface area (Å²) in [6.07, 6.45) is 1.31. The quantitative estimate of drug-likeness (QED) is 0.594. The third-order valence-corrected chi connectivity index (χ3v) is 4.20. The average Bonchev–Trinajstić information content (AvgIpc) is 3.10. The van der Waals surface area contributed by atoms with E-state index in [4.69, 9.17) is 9.26 Å². The molecular formula is C18H22N4O5. The average molecular weight is 374 g/mol. The Bertz CT molecular complexity index is 825. The number of nitro groups is 1. The Hall–Kier alpha value is -2.97. The Morgan fingerprint density at radius 1 is 1.33 bits per heavy atom. The second-order valence-electron chi connectivity index (χ2n) is 7.53. The van der Waals surface area contributed by atoms with Crippen molar-refractivity contribution in [3.8, 4) is 11.4 Å². The highest BCUT2D eigenvalue weighted by Crippen LogP contribution is 2.29. The lowest BCUT2D eigenvalue weighted by atomic mass is 9.98. The fourth-order valence-electron chi connectivity index (χ4n) is 2.92. The Kier molecular flexibility index (Phi) is 5.11. The minimum Gasteiger partial charge on any atom is -0.444 e. The predicted octanol–water partition coefficient (Wildman–Crippen LogP) is 3.76. The van der Waals surface area contributed by atoms with E-state index in [1.807, 2.05) is 20.8 Å². The zero-order valence-electron chi connectivity index (χ0n) is 15.5. The summed E-state index contributed by atoms with van der Waals surface area (Å²) in [5.41, 5.74) is 0.0931. The molecule has 2 heterocycles. The molecule has 1 atom stereocenters. The first-order valence-corrected chi connectivity index (χ1v) is 8.79. The number of amides is 1. The van der Waals surface area contributed by atoms with Crippen LogP contribution in [0.5, 0.6) is 0 Å². The molecule has 0 N–H and O–H groups in total. The predicted molar refractivity (Wildman–Crippen MR) is 96.2 cm³/mol. The number of piperidine rings is 1. The van der Waals surface area contributed by atoms with Crippen molar-refractivity contribution in [3.05, 3.63) is 40.3 Å². The van der Waals surface area contributed by atoms with Crippen LogP contribution in [-0.4, -0.2) is 44.7 Å². The molecule has 0 saturated carbocycles. The topological polar surface area (TPSA) is 112 Å². The van der Waals surface area contributed by atoms with Gasteiger partial charge in [0, 0.05) is 30.8 Å². The molecule has 9 heteroatoms. The van der Waals surface area contributed by atoms with E-state index in [0.717, 1.165) is 12.8 Å². The van der Waals surface area contributed by atoms with Gasteiger partial charge in [0.05, 0.1) is 10.8 Å². The normalized spacial score (nSPS) is 17.6. The highest BCUT2D eigenvalue weighted by atomic mass is 16.6. The number of ether oxygens (including phenoxy) is 1. The Morgan fingerprint density at radius 3 is 2.67 bits per heavy atom. The van der Waals surface area contributed by atoms with Crippen LogP contribution in [0.4, 0.5) is 10.5 Å². The van der Waals surface area contributed by atoms with Crippen LogP contribution < -0.4 is 0 Å². The van der Waals surface area contributed by atoms with Crippen LogP contribution >= 0.6 is 0 Å². The zero-order chi connectivity index (χ0) is 19.6. The SMILES string of the molecule is CC(C)(C)OC(=O)N1CCCC(c2nc(-c3ccc([N+](=O)[O-])cc3)no2)C1. The lowest BCUT2D eigenvalue weighted by Crippen LogP contribution is -2.42. The number of likely N-dealkylation sites (tertiary alicyclic amines) is 1. The van der Waals surface area contributed by atoms with Crippen LogP contribution in [0, 0.1) is 10.1 Å². The maximum atomic E-state index is 12.3. The number of benzene rings is 1. The second-order valence-corrected chi connectivity index (χ2v) is 7.53. The van der Waals surface area contributed by atoms with Crippen LogP contribution in [0.2, 0.25) is 0 Å². The van der Waals surface area contributed by atoms with Crippen molar-refractivity contribution in [2.75, 3.05) is 13.1 Å². The molecule has 9 nitrogen and oxygen atoms in total. The summed E-state index contributed by atoms with van der Waals surface area (Å²) in [4.78, 5) is 28.7. The van der Waals surface area contributed by atoms with Gasteiger partial charge in [0.2, 0.25) is 11.7 Å². The highest BCUT2D eigenvalue weighted by molar-refractivity contribution is 5.68. The fourth-order valence-corrected chi connectivity index (χ4v) is 2.92. The molecule has 0 spiro atoms. The Balaban J connectivity index is 1.70. The first-order chi connectivity index (χ1) is 12.7. The van der Waals surface area contributed by atoms with Gasteiger partial charge >= 0.3 is 6.09 Å². The molecule has 1 amide bonds. The molecule has 0 aliphatic carbocycles. The van der Waals surface area contributed by atoms with Gasteiger partial charge in [0.1, 0.15) is 5.60 Å². The van der Waals surface area contributed by atoms with E-state index in [9.17, 15) is 14.9 Å². The van der Waals surface area contributed by atoms with Gasteiger partial charge in [-0.2, -0.15) is 4.98 Å². The van der Waals surface area contributed by atoms with Crippen molar-refractivity contribution in [2.45, 2.75) is 45.1 Å². The number of nitro benzene ring substituents is 1. The summed E-state index contributed by atoms with van der Waals surface area (Å²) < 4.78 is 10.8. The molecule has 0 bridgehead atoms. The summed E-state index contributed by atoms with van der Waals surface area (Å²) in [6, 6.07) is 5.97. The van der Waals surface area contributed by atoms with Crippen molar-refractivity contribution in [1.29, 1.82) is 0 Å². The number of rotatable bonds is 3. The van der Waals surface area contributed by atoms with Crippen LogP contribution in [0.15, 0.2) is 28.8 Å². The lowest BCUT2D eigenvalue weighted by Gasteiger charge is -2.32. The smallest absolute Gasteiger partial charge is 0.410 e. The van der Waals surface area contributed by atoms with Gasteiger partial charge in [-0.1, -0.05) is 5.16 Å². The molecule has 1 aromatic heterocycles. The first-order valence-electron chi connectivity index (χ1n) is 8.79. The summed E-state index contributed by atoms with van der Waals surface area (Å²) in [7, 11) is 0. The summed E-state index contributed by atoms with van der Waals surface area (Å²) in [6.45, 7) is 6.59. The van der Waals surface area contributed by atoms with E-state index in [0.29, 0.717) is 30.4 Å². The maximum Gasteiger partial charge on any atom is 0.410 e. The lowest BCUT2D eigenvalue weighted by molar-refractivity contribution is -0.384. The van der Waals surface area contributed by atoms with Gasteiger partial charge in [-0.15, -0.1) is 0 Å². The number of hydrogen-bond donors (Lipinski definition) is 0. The van der Waals surface area contributed by atoms with E-state index < -0.39 is 10.5 Å².